The van der Waals surface area contributed by atoms with E-state index in [2.05, 4.69) is 21.4 Å². The highest BCUT2D eigenvalue weighted by molar-refractivity contribution is 5.76. The molecular weight excluding hydrogens is 290 g/mol. The van der Waals surface area contributed by atoms with Crippen LogP contribution in [0.25, 0.3) is 0 Å². The number of benzene rings is 1. The molecule has 5 heteroatoms. The van der Waals surface area contributed by atoms with E-state index in [-0.39, 0.29) is 5.91 Å². The molecule has 2 aromatic rings. The topological polar surface area (TPSA) is 64.1 Å². The van der Waals surface area contributed by atoms with E-state index in [1.165, 1.54) is 5.56 Å². The highest BCUT2D eigenvalue weighted by atomic mass is 16.5. The third kappa shape index (κ3) is 4.52. The Hall–Kier alpha value is -2.43. The van der Waals surface area contributed by atoms with Gasteiger partial charge in [-0.25, -0.2) is 0 Å². The minimum atomic E-state index is 0.0640. The first-order valence-corrected chi connectivity index (χ1v) is 8.03. The standard InChI is InChI=1S/C18H21N3O2/c22-18(6-5-16-13-19-8-9-20-16)21-12-14-7-10-23-17-4-2-1-3-15(17)11-14/h1-4,8-9,13-14H,5-7,10-12H2,(H,21,22)/t14-/m0/s1. The molecule has 1 aromatic heterocycles. The van der Waals surface area contributed by atoms with Crippen molar-refractivity contribution in [1.82, 2.24) is 15.3 Å². The lowest BCUT2D eigenvalue weighted by molar-refractivity contribution is -0.121. The number of carbonyl (C=O) groups excluding carboxylic acids is 1. The molecule has 1 aromatic carbocycles. The largest absolute Gasteiger partial charge is 0.493 e. The van der Waals surface area contributed by atoms with E-state index in [1.54, 1.807) is 18.6 Å². The summed E-state index contributed by atoms with van der Waals surface area (Å²) in [4.78, 5) is 20.2. The van der Waals surface area contributed by atoms with E-state index < -0.39 is 0 Å². The number of fused-ring (bicyclic) bond motifs is 1. The van der Waals surface area contributed by atoms with Crippen LogP contribution in [0.15, 0.2) is 42.9 Å². The Bertz CT molecular complexity index is 646. The Morgan fingerprint density at radius 3 is 3.09 bits per heavy atom. The van der Waals surface area contributed by atoms with Crippen LogP contribution in [-0.4, -0.2) is 29.0 Å². The van der Waals surface area contributed by atoms with Crippen LogP contribution in [0.5, 0.6) is 5.75 Å². The molecule has 1 atom stereocenters. The van der Waals surface area contributed by atoms with Gasteiger partial charge in [-0.05, 0) is 36.8 Å². The van der Waals surface area contributed by atoms with Crippen molar-refractivity contribution in [2.45, 2.75) is 25.7 Å². The third-order valence-electron chi connectivity index (χ3n) is 4.08. The van der Waals surface area contributed by atoms with Gasteiger partial charge in [0.25, 0.3) is 0 Å². The van der Waals surface area contributed by atoms with Gasteiger partial charge in [0.05, 0.1) is 12.3 Å². The van der Waals surface area contributed by atoms with Crippen molar-refractivity contribution in [3.8, 4) is 5.75 Å². The van der Waals surface area contributed by atoms with Crippen LogP contribution in [0.1, 0.15) is 24.1 Å². The summed E-state index contributed by atoms with van der Waals surface area (Å²) in [7, 11) is 0. The van der Waals surface area contributed by atoms with Crippen LogP contribution < -0.4 is 10.1 Å². The van der Waals surface area contributed by atoms with Crippen LogP contribution in [0.2, 0.25) is 0 Å². The first kappa shape index (κ1) is 15.5. The molecule has 0 bridgehead atoms. The second-order valence-corrected chi connectivity index (χ2v) is 5.82. The Labute approximate surface area is 136 Å². The van der Waals surface area contributed by atoms with Gasteiger partial charge in [0.1, 0.15) is 5.75 Å². The van der Waals surface area contributed by atoms with Crippen molar-refractivity contribution in [1.29, 1.82) is 0 Å². The summed E-state index contributed by atoms with van der Waals surface area (Å²) in [6, 6.07) is 8.14. The average molecular weight is 311 g/mol. The Kier molecular flexibility index (Phi) is 5.19. The monoisotopic (exact) mass is 311 g/mol. The van der Waals surface area contributed by atoms with Crippen molar-refractivity contribution >= 4 is 5.91 Å². The second kappa shape index (κ2) is 7.72. The number of hydrogen-bond acceptors (Lipinski definition) is 4. The summed E-state index contributed by atoms with van der Waals surface area (Å²) in [5.74, 6) is 1.46. The molecule has 0 spiro atoms. The minimum absolute atomic E-state index is 0.0640. The van der Waals surface area contributed by atoms with E-state index in [1.807, 2.05) is 18.2 Å². The van der Waals surface area contributed by atoms with E-state index in [4.69, 9.17) is 4.74 Å². The van der Waals surface area contributed by atoms with Gasteiger partial charge in [-0.15, -0.1) is 0 Å². The molecule has 5 nitrogen and oxygen atoms in total. The normalized spacial score (nSPS) is 16.8. The van der Waals surface area contributed by atoms with Crippen molar-refractivity contribution in [3.63, 3.8) is 0 Å². The van der Waals surface area contributed by atoms with Gasteiger partial charge in [-0.3, -0.25) is 14.8 Å². The molecule has 1 aliphatic rings. The Balaban J connectivity index is 1.45. The Morgan fingerprint density at radius 2 is 2.22 bits per heavy atom. The predicted octanol–water partition coefficient (Wildman–Crippen LogP) is 2.17. The van der Waals surface area contributed by atoms with E-state index in [0.29, 0.717) is 31.9 Å². The maximum atomic E-state index is 12.0. The molecule has 23 heavy (non-hydrogen) atoms. The zero-order chi connectivity index (χ0) is 15.9. The fraction of sp³-hybridized carbons (Fsp3) is 0.389. The highest BCUT2D eigenvalue weighted by Gasteiger charge is 2.17. The smallest absolute Gasteiger partial charge is 0.220 e. The first-order chi connectivity index (χ1) is 11.3. The van der Waals surface area contributed by atoms with Gasteiger partial charge in [-0.2, -0.15) is 0 Å². The summed E-state index contributed by atoms with van der Waals surface area (Å²) in [6.45, 7) is 1.40. The number of aromatic nitrogens is 2. The molecule has 2 heterocycles. The molecule has 3 rings (SSSR count). The number of nitrogens with one attached hydrogen (secondary N) is 1. The number of ether oxygens (including phenoxy) is 1. The lowest BCUT2D eigenvalue weighted by Crippen LogP contribution is -2.30. The molecule has 0 unspecified atom stereocenters. The number of aryl methyl sites for hydroxylation is 1. The summed E-state index contributed by atoms with van der Waals surface area (Å²) in [6.07, 6.45) is 7.95. The number of carbonyl (C=O) groups is 1. The zero-order valence-corrected chi connectivity index (χ0v) is 13.1. The van der Waals surface area contributed by atoms with Crippen LogP contribution in [0, 0.1) is 5.92 Å². The van der Waals surface area contributed by atoms with Crippen LogP contribution in [0.4, 0.5) is 0 Å². The lowest BCUT2D eigenvalue weighted by Gasteiger charge is -2.14. The van der Waals surface area contributed by atoms with Gasteiger partial charge >= 0.3 is 0 Å². The maximum Gasteiger partial charge on any atom is 0.220 e. The SMILES string of the molecule is O=C(CCc1cnccn1)NC[C@H]1CCOc2ccccc2C1. The Morgan fingerprint density at radius 1 is 1.30 bits per heavy atom. The van der Waals surface area contributed by atoms with Crippen LogP contribution >= 0.6 is 0 Å². The second-order valence-electron chi connectivity index (χ2n) is 5.82. The quantitative estimate of drug-likeness (QED) is 0.919. The van der Waals surface area contributed by atoms with Gasteiger partial charge in [-0.1, -0.05) is 18.2 Å². The third-order valence-corrected chi connectivity index (χ3v) is 4.08. The average Bonchev–Trinajstić information content (AvgIpc) is 2.81. The molecule has 0 aliphatic carbocycles. The lowest BCUT2D eigenvalue weighted by atomic mass is 9.97. The predicted molar refractivity (Wildman–Crippen MR) is 87.1 cm³/mol. The molecule has 1 N–H and O–H groups in total. The molecule has 1 amide bonds. The fourth-order valence-corrected chi connectivity index (χ4v) is 2.78. The number of hydrogen-bond donors (Lipinski definition) is 1. The number of rotatable bonds is 5. The molecular formula is C18H21N3O2. The minimum Gasteiger partial charge on any atom is -0.493 e. The number of amides is 1. The number of nitrogens with zero attached hydrogens (tertiary/aromatic N) is 2. The molecule has 120 valence electrons. The molecule has 0 radical (unpaired) electrons. The van der Waals surface area contributed by atoms with Crippen molar-refractivity contribution in [3.05, 3.63) is 54.1 Å². The number of para-hydroxylation sites is 1. The van der Waals surface area contributed by atoms with Crippen molar-refractivity contribution < 1.29 is 9.53 Å². The van der Waals surface area contributed by atoms with E-state index in [0.717, 1.165) is 24.3 Å². The summed E-state index contributed by atoms with van der Waals surface area (Å²) < 4.78 is 5.76. The molecule has 0 saturated heterocycles. The zero-order valence-electron chi connectivity index (χ0n) is 13.1. The van der Waals surface area contributed by atoms with Gasteiger partial charge < -0.3 is 10.1 Å². The van der Waals surface area contributed by atoms with E-state index in [9.17, 15) is 4.79 Å². The first-order valence-electron chi connectivity index (χ1n) is 8.03. The fourth-order valence-electron chi connectivity index (χ4n) is 2.78. The van der Waals surface area contributed by atoms with Gasteiger partial charge in [0.15, 0.2) is 0 Å². The summed E-state index contributed by atoms with van der Waals surface area (Å²) >= 11 is 0. The van der Waals surface area contributed by atoms with Gasteiger partial charge in [0, 0.05) is 31.6 Å². The van der Waals surface area contributed by atoms with Crippen molar-refractivity contribution in [2.75, 3.05) is 13.2 Å². The highest BCUT2D eigenvalue weighted by Crippen LogP contribution is 2.26. The summed E-state index contributed by atoms with van der Waals surface area (Å²) in [5.41, 5.74) is 2.07. The van der Waals surface area contributed by atoms with Crippen molar-refractivity contribution in [2.24, 2.45) is 5.92 Å². The molecule has 1 aliphatic heterocycles. The maximum absolute atomic E-state index is 12.0. The van der Waals surface area contributed by atoms with Crippen LogP contribution in [0.3, 0.4) is 0 Å². The van der Waals surface area contributed by atoms with E-state index >= 15 is 0 Å². The van der Waals surface area contributed by atoms with Gasteiger partial charge in [0.2, 0.25) is 5.91 Å². The summed E-state index contributed by atoms with van der Waals surface area (Å²) in [5, 5.41) is 3.04. The molecule has 0 saturated carbocycles. The van der Waals surface area contributed by atoms with Crippen LogP contribution in [-0.2, 0) is 17.6 Å². The molecule has 0 fully saturated rings.